The standard InChI is InChI=1S/C22H22N2O4S2/c1-28-19-8-7-16-9-10-24(15-18(16)12-19)22(25)17-4-2-6-21(13-17)30(26,27)23-14-20-5-3-11-29-20/h2-8,11-13,23H,9-10,14-15H2,1H3. The predicted octanol–water partition coefficient (Wildman–Crippen LogP) is 3.43. The molecular formula is C22H22N2O4S2. The Bertz CT molecular complexity index is 1160. The normalized spacial score (nSPS) is 13.7. The third-order valence-electron chi connectivity index (χ3n) is 5.12. The highest BCUT2D eigenvalue weighted by Gasteiger charge is 2.24. The molecular weight excluding hydrogens is 420 g/mol. The van der Waals surface area contributed by atoms with E-state index in [0.717, 1.165) is 22.6 Å². The first-order chi connectivity index (χ1) is 14.5. The number of methoxy groups -OCH3 is 1. The van der Waals surface area contributed by atoms with Gasteiger partial charge < -0.3 is 9.64 Å². The number of thiophene rings is 1. The van der Waals surface area contributed by atoms with Crippen LogP contribution in [0.15, 0.2) is 64.9 Å². The molecule has 0 radical (unpaired) electrons. The molecule has 1 N–H and O–H groups in total. The molecule has 0 saturated carbocycles. The molecule has 0 aliphatic carbocycles. The first kappa shape index (κ1) is 20.6. The van der Waals surface area contributed by atoms with E-state index in [1.165, 1.54) is 29.0 Å². The Hall–Kier alpha value is -2.68. The van der Waals surface area contributed by atoms with Gasteiger partial charge in [-0.1, -0.05) is 18.2 Å². The van der Waals surface area contributed by atoms with Crippen LogP contribution >= 0.6 is 11.3 Å². The molecule has 8 heteroatoms. The average Bonchev–Trinajstić information content (AvgIpc) is 3.30. The Balaban J connectivity index is 1.51. The van der Waals surface area contributed by atoms with Crippen molar-refractivity contribution in [2.24, 2.45) is 0 Å². The number of fused-ring (bicyclic) bond motifs is 1. The maximum Gasteiger partial charge on any atom is 0.254 e. The first-order valence-electron chi connectivity index (χ1n) is 9.53. The van der Waals surface area contributed by atoms with Crippen LogP contribution in [0.2, 0.25) is 0 Å². The van der Waals surface area contributed by atoms with Gasteiger partial charge in [0, 0.05) is 30.1 Å². The molecule has 2 aromatic carbocycles. The molecule has 0 bridgehead atoms. The number of nitrogens with one attached hydrogen (secondary N) is 1. The van der Waals surface area contributed by atoms with E-state index < -0.39 is 10.0 Å². The maximum absolute atomic E-state index is 13.1. The van der Waals surface area contributed by atoms with Crippen molar-refractivity contribution in [3.63, 3.8) is 0 Å². The summed E-state index contributed by atoms with van der Waals surface area (Å²) in [5.41, 5.74) is 2.62. The van der Waals surface area contributed by atoms with Gasteiger partial charge in [-0.05, 0) is 59.3 Å². The largest absolute Gasteiger partial charge is 0.497 e. The van der Waals surface area contributed by atoms with Crippen LogP contribution in [-0.4, -0.2) is 32.9 Å². The number of amides is 1. The molecule has 0 atom stereocenters. The molecule has 156 valence electrons. The Labute approximate surface area is 180 Å². The number of benzene rings is 2. The predicted molar refractivity (Wildman–Crippen MR) is 116 cm³/mol. The summed E-state index contributed by atoms with van der Waals surface area (Å²) in [6.45, 7) is 1.29. The summed E-state index contributed by atoms with van der Waals surface area (Å²) in [6, 6.07) is 15.9. The van der Waals surface area contributed by atoms with Crippen LogP contribution in [0, 0.1) is 0 Å². The van der Waals surface area contributed by atoms with Crippen molar-refractivity contribution in [2.45, 2.75) is 24.4 Å². The van der Waals surface area contributed by atoms with Gasteiger partial charge in [0.2, 0.25) is 10.0 Å². The molecule has 0 unspecified atom stereocenters. The van der Waals surface area contributed by atoms with Gasteiger partial charge in [-0.25, -0.2) is 13.1 Å². The molecule has 6 nitrogen and oxygen atoms in total. The zero-order valence-corrected chi connectivity index (χ0v) is 18.1. The minimum atomic E-state index is -3.71. The van der Waals surface area contributed by atoms with Gasteiger partial charge in [0.15, 0.2) is 0 Å². The fourth-order valence-electron chi connectivity index (χ4n) is 3.48. The van der Waals surface area contributed by atoms with Gasteiger partial charge in [-0.2, -0.15) is 0 Å². The molecule has 0 fully saturated rings. The molecule has 0 saturated heterocycles. The Morgan fingerprint density at radius 3 is 2.77 bits per heavy atom. The first-order valence-corrected chi connectivity index (χ1v) is 11.9. The molecule has 3 aromatic rings. The summed E-state index contributed by atoms with van der Waals surface area (Å²) in [6.07, 6.45) is 0.755. The average molecular weight is 443 g/mol. The number of nitrogens with zero attached hydrogens (tertiary/aromatic N) is 1. The second kappa shape index (κ2) is 8.59. The highest BCUT2D eigenvalue weighted by Crippen LogP contribution is 2.25. The monoisotopic (exact) mass is 442 g/mol. The number of ether oxygens (including phenoxy) is 1. The van der Waals surface area contributed by atoms with Crippen molar-refractivity contribution in [3.05, 3.63) is 81.5 Å². The molecule has 1 aromatic heterocycles. The van der Waals surface area contributed by atoms with E-state index in [1.807, 2.05) is 35.7 Å². The van der Waals surface area contributed by atoms with E-state index in [2.05, 4.69) is 4.72 Å². The topological polar surface area (TPSA) is 75.7 Å². The number of hydrogen-bond donors (Lipinski definition) is 1. The number of hydrogen-bond acceptors (Lipinski definition) is 5. The lowest BCUT2D eigenvalue weighted by Gasteiger charge is -2.29. The number of carbonyl (C=O) groups is 1. The minimum Gasteiger partial charge on any atom is -0.497 e. The van der Waals surface area contributed by atoms with Gasteiger partial charge in [-0.15, -0.1) is 11.3 Å². The van der Waals surface area contributed by atoms with Crippen LogP contribution in [0.5, 0.6) is 5.75 Å². The van der Waals surface area contributed by atoms with E-state index in [0.29, 0.717) is 18.7 Å². The minimum absolute atomic E-state index is 0.0870. The fraction of sp³-hybridized carbons (Fsp3) is 0.227. The van der Waals surface area contributed by atoms with Crippen LogP contribution in [0.1, 0.15) is 26.4 Å². The van der Waals surface area contributed by atoms with Crippen molar-refractivity contribution in [1.82, 2.24) is 9.62 Å². The van der Waals surface area contributed by atoms with Crippen LogP contribution in [0.25, 0.3) is 0 Å². The third-order valence-corrected chi connectivity index (χ3v) is 7.40. The summed E-state index contributed by atoms with van der Waals surface area (Å²) in [4.78, 5) is 15.8. The van der Waals surface area contributed by atoms with Gasteiger partial charge in [-0.3, -0.25) is 4.79 Å². The van der Waals surface area contributed by atoms with E-state index in [4.69, 9.17) is 4.74 Å². The highest BCUT2D eigenvalue weighted by molar-refractivity contribution is 7.89. The summed E-state index contributed by atoms with van der Waals surface area (Å²) < 4.78 is 33.2. The van der Waals surface area contributed by atoms with Gasteiger partial charge in [0.25, 0.3) is 5.91 Å². The Kier molecular flexibility index (Phi) is 5.90. The fourth-order valence-corrected chi connectivity index (χ4v) is 5.26. The smallest absolute Gasteiger partial charge is 0.254 e. The van der Waals surface area contributed by atoms with Crippen LogP contribution in [-0.2, 0) is 29.5 Å². The number of rotatable bonds is 6. The number of sulfonamides is 1. The Morgan fingerprint density at radius 1 is 1.13 bits per heavy atom. The molecule has 4 rings (SSSR count). The highest BCUT2D eigenvalue weighted by atomic mass is 32.2. The van der Waals surface area contributed by atoms with Crippen LogP contribution < -0.4 is 9.46 Å². The molecule has 30 heavy (non-hydrogen) atoms. The Morgan fingerprint density at radius 2 is 2.00 bits per heavy atom. The zero-order chi connectivity index (χ0) is 21.1. The summed E-state index contributed by atoms with van der Waals surface area (Å²) in [7, 11) is -2.09. The SMILES string of the molecule is COc1ccc2c(c1)CN(C(=O)c1cccc(S(=O)(=O)NCc3cccs3)c1)CC2. The summed E-state index contributed by atoms with van der Waals surface area (Å²) in [5.74, 6) is 0.576. The van der Waals surface area contributed by atoms with Crippen LogP contribution in [0.3, 0.4) is 0 Å². The van der Waals surface area contributed by atoms with Crippen molar-refractivity contribution in [2.75, 3.05) is 13.7 Å². The number of carbonyl (C=O) groups excluding carboxylic acids is 1. The molecule has 2 heterocycles. The lowest BCUT2D eigenvalue weighted by atomic mass is 9.99. The van der Waals surface area contributed by atoms with Crippen molar-refractivity contribution >= 4 is 27.3 Å². The molecule has 0 spiro atoms. The summed E-state index contributed by atoms with van der Waals surface area (Å²) in [5, 5.41) is 1.90. The quantitative estimate of drug-likeness (QED) is 0.635. The second-order valence-corrected chi connectivity index (χ2v) is 9.84. The second-order valence-electron chi connectivity index (χ2n) is 7.04. The lowest BCUT2D eigenvalue weighted by Crippen LogP contribution is -2.36. The van der Waals surface area contributed by atoms with Gasteiger partial charge in [0.1, 0.15) is 5.75 Å². The zero-order valence-electron chi connectivity index (χ0n) is 16.5. The van der Waals surface area contributed by atoms with Crippen molar-refractivity contribution in [1.29, 1.82) is 0 Å². The van der Waals surface area contributed by atoms with Crippen molar-refractivity contribution < 1.29 is 17.9 Å². The van der Waals surface area contributed by atoms with E-state index in [9.17, 15) is 13.2 Å². The summed E-state index contributed by atoms with van der Waals surface area (Å²) >= 11 is 1.49. The lowest BCUT2D eigenvalue weighted by molar-refractivity contribution is 0.0734. The van der Waals surface area contributed by atoms with Crippen molar-refractivity contribution in [3.8, 4) is 5.75 Å². The van der Waals surface area contributed by atoms with Gasteiger partial charge in [0.05, 0.1) is 12.0 Å². The molecule has 1 amide bonds. The molecule has 1 aliphatic heterocycles. The van der Waals surface area contributed by atoms with Gasteiger partial charge >= 0.3 is 0 Å². The van der Waals surface area contributed by atoms with E-state index >= 15 is 0 Å². The van der Waals surface area contributed by atoms with E-state index in [1.54, 1.807) is 24.1 Å². The maximum atomic E-state index is 13.1. The molecule has 1 aliphatic rings. The third kappa shape index (κ3) is 4.40. The van der Waals surface area contributed by atoms with Crippen LogP contribution in [0.4, 0.5) is 0 Å². The van der Waals surface area contributed by atoms with E-state index in [-0.39, 0.29) is 17.3 Å².